The monoisotopic (exact) mass is 464 g/mol. The summed E-state index contributed by atoms with van der Waals surface area (Å²) < 4.78 is 7.27. The van der Waals surface area contributed by atoms with Gasteiger partial charge in [0, 0.05) is 24.3 Å². The van der Waals surface area contributed by atoms with Crippen molar-refractivity contribution < 1.29 is 14.0 Å². The van der Waals surface area contributed by atoms with E-state index < -0.39 is 17.4 Å². The van der Waals surface area contributed by atoms with Crippen LogP contribution >= 0.6 is 11.3 Å². The lowest BCUT2D eigenvalue weighted by molar-refractivity contribution is -0.117. The Morgan fingerprint density at radius 3 is 2.58 bits per heavy atom. The third-order valence-corrected chi connectivity index (χ3v) is 6.49. The van der Waals surface area contributed by atoms with Crippen molar-refractivity contribution in [2.75, 3.05) is 23.3 Å². The number of thiazole rings is 1. The summed E-state index contributed by atoms with van der Waals surface area (Å²) >= 11 is 1.41. The van der Waals surface area contributed by atoms with Crippen LogP contribution in [-0.2, 0) is 11.3 Å². The van der Waals surface area contributed by atoms with Gasteiger partial charge in [-0.05, 0) is 49.2 Å². The molecule has 0 spiro atoms. The summed E-state index contributed by atoms with van der Waals surface area (Å²) in [7, 11) is 0. The van der Waals surface area contributed by atoms with Gasteiger partial charge < -0.3 is 20.4 Å². The fraction of sp³-hybridized carbons (Fsp3) is 0.227. The fourth-order valence-corrected chi connectivity index (χ4v) is 4.83. The van der Waals surface area contributed by atoms with Crippen LogP contribution in [0.4, 0.5) is 10.8 Å². The predicted molar refractivity (Wildman–Crippen MR) is 124 cm³/mol. The van der Waals surface area contributed by atoms with Crippen molar-refractivity contribution >= 4 is 44.2 Å². The number of carbonyl (C=O) groups excluding carboxylic acids is 2. The molecule has 4 heterocycles. The Balaban J connectivity index is 1.48. The topological polar surface area (TPSA) is 136 Å². The molecule has 1 saturated heterocycles. The molecular formula is C22H20N6O4S. The zero-order chi connectivity index (χ0) is 22.9. The van der Waals surface area contributed by atoms with Gasteiger partial charge in [-0.2, -0.15) is 5.10 Å². The van der Waals surface area contributed by atoms with Crippen molar-refractivity contribution in [3.8, 4) is 11.5 Å². The zero-order valence-corrected chi connectivity index (χ0v) is 18.3. The number of hydrogen-bond donors (Lipinski definition) is 2. The van der Waals surface area contributed by atoms with Crippen LogP contribution in [0.5, 0.6) is 0 Å². The summed E-state index contributed by atoms with van der Waals surface area (Å²) in [6.07, 6.45) is 3.71. The van der Waals surface area contributed by atoms with Gasteiger partial charge in [0.25, 0.3) is 5.56 Å². The molecule has 0 saturated carbocycles. The van der Waals surface area contributed by atoms with E-state index >= 15 is 0 Å². The van der Waals surface area contributed by atoms with Gasteiger partial charge in [0.15, 0.2) is 16.4 Å². The van der Waals surface area contributed by atoms with E-state index in [0.29, 0.717) is 27.4 Å². The highest BCUT2D eigenvalue weighted by atomic mass is 32.1. The second-order valence-corrected chi connectivity index (χ2v) is 8.62. The number of aromatic nitrogens is 3. The summed E-state index contributed by atoms with van der Waals surface area (Å²) in [4.78, 5) is 43.8. The standard InChI is InChI=1S/C22H20N6O4S/c23-20(30)13-5-7-14(8-6-13)24-16(29)12-28-21(31)18-19(17(26-28)15-4-3-11-32-15)33-22(25-18)27-9-1-2-10-27/h3-8,11H,1-2,9-10,12H2,(H2,23,30)(H,24,29). The molecule has 10 nitrogen and oxygen atoms in total. The van der Waals surface area contributed by atoms with Gasteiger partial charge in [-0.1, -0.05) is 11.3 Å². The first kappa shape index (κ1) is 20.9. The molecule has 11 heteroatoms. The minimum Gasteiger partial charge on any atom is -0.463 e. The Morgan fingerprint density at radius 2 is 1.91 bits per heavy atom. The maximum absolute atomic E-state index is 13.2. The Kier molecular flexibility index (Phi) is 5.38. The van der Waals surface area contributed by atoms with Gasteiger partial charge >= 0.3 is 0 Å². The van der Waals surface area contributed by atoms with Gasteiger partial charge in [-0.25, -0.2) is 9.67 Å². The maximum Gasteiger partial charge on any atom is 0.294 e. The fourth-order valence-electron chi connectivity index (χ4n) is 3.73. The molecule has 1 aliphatic heterocycles. The quantitative estimate of drug-likeness (QED) is 0.447. The van der Waals surface area contributed by atoms with Gasteiger partial charge in [-0.15, -0.1) is 0 Å². The molecule has 1 fully saturated rings. The van der Waals surface area contributed by atoms with E-state index in [1.165, 1.54) is 29.7 Å². The lowest BCUT2D eigenvalue weighted by Gasteiger charge is -2.11. The predicted octanol–water partition coefficient (Wildman–Crippen LogP) is 2.45. The molecular weight excluding hydrogens is 444 g/mol. The molecule has 4 aromatic rings. The summed E-state index contributed by atoms with van der Waals surface area (Å²) in [5.74, 6) is -0.511. The zero-order valence-electron chi connectivity index (χ0n) is 17.5. The van der Waals surface area contributed by atoms with Crippen molar-refractivity contribution in [2.24, 2.45) is 5.73 Å². The number of nitrogens with zero attached hydrogens (tertiary/aromatic N) is 4. The first-order valence-electron chi connectivity index (χ1n) is 10.4. The molecule has 1 aliphatic rings. The van der Waals surface area contributed by atoms with Crippen LogP contribution in [-0.4, -0.2) is 39.7 Å². The molecule has 168 valence electrons. The summed E-state index contributed by atoms with van der Waals surface area (Å²) in [6.45, 7) is 1.49. The molecule has 0 bridgehead atoms. The minimum atomic E-state index is -0.557. The van der Waals surface area contributed by atoms with Crippen LogP contribution in [0.15, 0.2) is 51.9 Å². The summed E-state index contributed by atoms with van der Waals surface area (Å²) in [6, 6.07) is 9.65. The highest BCUT2D eigenvalue weighted by Crippen LogP contribution is 2.35. The molecule has 1 aromatic carbocycles. The number of primary amides is 1. The third-order valence-electron chi connectivity index (χ3n) is 5.37. The maximum atomic E-state index is 13.2. The van der Waals surface area contributed by atoms with Gasteiger partial charge in [0.2, 0.25) is 11.8 Å². The van der Waals surface area contributed by atoms with Crippen molar-refractivity contribution in [1.29, 1.82) is 0 Å². The first-order valence-corrected chi connectivity index (χ1v) is 11.2. The number of anilines is 2. The number of nitrogens with two attached hydrogens (primary N) is 1. The average molecular weight is 465 g/mol. The Bertz CT molecular complexity index is 1390. The van der Waals surface area contributed by atoms with Crippen LogP contribution < -0.4 is 21.5 Å². The molecule has 3 N–H and O–H groups in total. The van der Waals surface area contributed by atoms with Crippen LogP contribution in [0.25, 0.3) is 21.7 Å². The highest BCUT2D eigenvalue weighted by Gasteiger charge is 2.23. The first-order chi connectivity index (χ1) is 16.0. The molecule has 3 aromatic heterocycles. The largest absolute Gasteiger partial charge is 0.463 e. The minimum absolute atomic E-state index is 0.266. The number of furan rings is 1. The van der Waals surface area contributed by atoms with Crippen LogP contribution in [0, 0.1) is 0 Å². The van der Waals surface area contributed by atoms with E-state index in [-0.39, 0.29) is 12.1 Å². The SMILES string of the molecule is NC(=O)c1ccc(NC(=O)Cn2nc(-c3ccco3)c3sc(N4CCCC4)nc3c2=O)cc1. The van der Waals surface area contributed by atoms with Crippen LogP contribution in [0.3, 0.4) is 0 Å². The molecule has 2 amide bonds. The number of rotatable bonds is 6. The molecule has 0 radical (unpaired) electrons. The van der Waals surface area contributed by atoms with Gasteiger partial charge in [0.1, 0.15) is 12.2 Å². The normalized spacial score (nSPS) is 13.5. The number of amides is 2. The van der Waals surface area contributed by atoms with E-state index in [4.69, 9.17) is 10.2 Å². The highest BCUT2D eigenvalue weighted by molar-refractivity contribution is 7.22. The van der Waals surface area contributed by atoms with E-state index in [1.807, 2.05) is 0 Å². The smallest absolute Gasteiger partial charge is 0.294 e. The van der Waals surface area contributed by atoms with Crippen molar-refractivity contribution in [3.05, 3.63) is 58.6 Å². The van der Waals surface area contributed by atoms with Crippen molar-refractivity contribution in [1.82, 2.24) is 14.8 Å². The average Bonchev–Trinajstić information content (AvgIpc) is 3.57. The molecule has 33 heavy (non-hydrogen) atoms. The molecule has 0 aliphatic carbocycles. The van der Waals surface area contributed by atoms with Crippen LogP contribution in [0.2, 0.25) is 0 Å². The van der Waals surface area contributed by atoms with E-state index in [9.17, 15) is 14.4 Å². The van der Waals surface area contributed by atoms with Gasteiger partial charge in [0.05, 0.1) is 11.0 Å². The number of carbonyl (C=O) groups is 2. The second kappa shape index (κ2) is 8.51. The number of fused-ring (bicyclic) bond motifs is 1. The molecule has 0 unspecified atom stereocenters. The number of hydrogen-bond acceptors (Lipinski definition) is 8. The Labute approximate surface area is 191 Å². The van der Waals surface area contributed by atoms with Gasteiger partial charge in [-0.3, -0.25) is 14.4 Å². The third kappa shape index (κ3) is 4.10. The second-order valence-electron chi connectivity index (χ2n) is 7.65. The summed E-state index contributed by atoms with van der Waals surface area (Å²) in [5, 5.41) is 7.91. The summed E-state index contributed by atoms with van der Waals surface area (Å²) in [5.41, 5.74) is 6.33. The van der Waals surface area contributed by atoms with Crippen molar-refractivity contribution in [2.45, 2.75) is 19.4 Å². The Morgan fingerprint density at radius 1 is 1.15 bits per heavy atom. The van der Waals surface area contributed by atoms with Crippen molar-refractivity contribution in [3.63, 3.8) is 0 Å². The number of nitrogens with one attached hydrogen (secondary N) is 1. The Hall–Kier alpha value is -3.99. The lowest BCUT2D eigenvalue weighted by Crippen LogP contribution is -2.30. The number of benzene rings is 1. The lowest BCUT2D eigenvalue weighted by atomic mass is 10.2. The van der Waals surface area contributed by atoms with E-state index in [2.05, 4.69) is 20.3 Å². The molecule has 0 atom stereocenters. The van der Waals surface area contributed by atoms with E-state index in [1.54, 1.807) is 24.3 Å². The van der Waals surface area contributed by atoms with Crippen LogP contribution in [0.1, 0.15) is 23.2 Å². The van der Waals surface area contributed by atoms with E-state index in [0.717, 1.165) is 35.7 Å². The molecule has 5 rings (SSSR count).